The SMILES string of the molecule is Cc1nc([C@@H]2CCCN2C(=O)c2ccc3c(c2)N(C)C(=O)CO3)n[nH]1. The van der Waals surface area contributed by atoms with Gasteiger partial charge < -0.3 is 14.5 Å². The highest BCUT2D eigenvalue weighted by molar-refractivity contribution is 6.01. The summed E-state index contributed by atoms with van der Waals surface area (Å²) in [5.74, 6) is 1.78. The van der Waals surface area contributed by atoms with Gasteiger partial charge in [-0.25, -0.2) is 4.98 Å². The molecule has 2 aliphatic rings. The van der Waals surface area contributed by atoms with Crippen molar-refractivity contribution in [1.29, 1.82) is 0 Å². The highest BCUT2D eigenvalue weighted by Gasteiger charge is 2.34. The van der Waals surface area contributed by atoms with Gasteiger partial charge >= 0.3 is 0 Å². The second kappa shape index (κ2) is 5.87. The van der Waals surface area contributed by atoms with Crippen LogP contribution < -0.4 is 9.64 Å². The number of anilines is 1. The Balaban J connectivity index is 1.63. The van der Waals surface area contributed by atoms with Gasteiger partial charge in [0.1, 0.15) is 11.6 Å². The summed E-state index contributed by atoms with van der Waals surface area (Å²) in [6, 6.07) is 5.08. The summed E-state index contributed by atoms with van der Waals surface area (Å²) in [6.45, 7) is 2.53. The molecule has 1 saturated heterocycles. The summed E-state index contributed by atoms with van der Waals surface area (Å²) in [5, 5.41) is 7.05. The number of nitrogens with zero attached hydrogens (tertiary/aromatic N) is 4. The van der Waals surface area contributed by atoms with Gasteiger partial charge in [0.05, 0.1) is 11.7 Å². The first kappa shape index (κ1) is 15.6. The number of benzene rings is 1. The molecule has 1 atom stereocenters. The second-order valence-corrected chi connectivity index (χ2v) is 6.36. The fourth-order valence-electron chi connectivity index (χ4n) is 3.36. The zero-order chi connectivity index (χ0) is 17.6. The molecule has 8 nitrogen and oxygen atoms in total. The Kier molecular flexibility index (Phi) is 3.67. The standard InChI is InChI=1S/C17H19N5O3/c1-10-18-16(20-19-10)12-4-3-7-22(12)17(24)11-5-6-14-13(8-11)21(2)15(23)9-25-14/h5-6,8,12H,3-4,7,9H2,1-2H3,(H,18,19,20)/t12-/m0/s1. The van der Waals surface area contributed by atoms with Crippen LogP contribution in [0.4, 0.5) is 5.69 Å². The number of fused-ring (bicyclic) bond motifs is 1. The molecule has 1 aromatic heterocycles. The molecule has 2 aromatic rings. The van der Waals surface area contributed by atoms with Crippen LogP contribution in [0.2, 0.25) is 0 Å². The number of aryl methyl sites for hydroxylation is 1. The van der Waals surface area contributed by atoms with Crippen LogP contribution in [0.15, 0.2) is 18.2 Å². The molecule has 3 heterocycles. The number of rotatable bonds is 2. The maximum atomic E-state index is 13.0. The topological polar surface area (TPSA) is 91.4 Å². The molecule has 2 aliphatic heterocycles. The maximum Gasteiger partial charge on any atom is 0.264 e. The van der Waals surface area contributed by atoms with Crippen molar-refractivity contribution in [3.05, 3.63) is 35.4 Å². The molecule has 8 heteroatoms. The zero-order valence-electron chi connectivity index (χ0n) is 14.2. The number of hydrogen-bond acceptors (Lipinski definition) is 5. The van der Waals surface area contributed by atoms with Crippen LogP contribution in [-0.4, -0.2) is 52.1 Å². The average Bonchev–Trinajstić information content (AvgIpc) is 3.26. The molecule has 1 N–H and O–H groups in total. The number of nitrogens with one attached hydrogen (secondary N) is 1. The lowest BCUT2D eigenvalue weighted by Gasteiger charge is -2.27. The highest BCUT2D eigenvalue weighted by atomic mass is 16.5. The summed E-state index contributed by atoms with van der Waals surface area (Å²) in [5.41, 5.74) is 1.15. The minimum absolute atomic E-state index is 0.0230. The smallest absolute Gasteiger partial charge is 0.264 e. The number of carbonyl (C=O) groups excluding carboxylic acids is 2. The van der Waals surface area contributed by atoms with Gasteiger partial charge in [0, 0.05) is 19.2 Å². The van der Waals surface area contributed by atoms with E-state index in [1.165, 1.54) is 4.90 Å². The first-order chi connectivity index (χ1) is 12.0. The van der Waals surface area contributed by atoms with E-state index >= 15 is 0 Å². The minimum atomic E-state index is -0.132. The predicted molar refractivity (Wildman–Crippen MR) is 89.5 cm³/mol. The molecule has 0 aliphatic carbocycles. The maximum absolute atomic E-state index is 13.0. The lowest BCUT2D eigenvalue weighted by atomic mass is 10.1. The number of aromatic amines is 1. The number of H-pyrrole nitrogens is 1. The number of amides is 2. The largest absolute Gasteiger partial charge is 0.482 e. The molecule has 1 aromatic carbocycles. The Labute approximate surface area is 144 Å². The van der Waals surface area contributed by atoms with E-state index in [9.17, 15) is 9.59 Å². The predicted octanol–water partition coefficient (Wildman–Crippen LogP) is 1.45. The van der Waals surface area contributed by atoms with Crippen LogP contribution in [0.25, 0.3) is 0 Å². The first-order valence-electron chi connectivity index (χ1n) is 8.28. The van der Waals surface area contributed by atoms with Gasteiger partial charge in [0.2, 0.25) is 0 Å². The Morgan fingerprint density at radius 3 is 3.00 bits per heavy atom. The molecule has 0 radical (unpaired) electrons. The fourth-order valence-corrected chi connectivity index (χ4v) is 3.36. The molecule has 1 fully saturated rings. The molecule has 4 rings (SSSR count). The summed E-state index contributed by atoms with van der Waals surface area (Å²) < 4.78 is 5.42. The van der Waals surface area contributed by atoms with E-state index in [0.717, 1.165) is 18.7 Å². The van der Waals surface area contributed by atoms with E-state index in [1.54, 1.807) is 30.1 Å². The molecule has 25 heavy (non-hydrogen) atoms. The normalized spacial score (nSPS) is 19.8. The van der Waals surface area contributed by atoms with E-state index in [4.69, 9.17) is 4.74 Å². The number of ether oxygens (including phenoxy) is 1. The fraction of sp³-hybridized carbons (Fsp3) is 0.412. The summed E-state index contributed by atoms with van der Waals surface area (Å²) in [4.78, 5) is 32.5. The number of aromatic nitrogens is 3. The van der Waals surface area contributed by atoms with Crippen molar-refractivity contribution in [3.8, 4) is 5.75 Å². The van der Waals surface area contributed by atoms with Crippen LogP contribution in [-0.2, 0) is 4.79 Å². The molecule has 0 bridgehead atoms. The number of likely N-dealkylation sites (N-methyl/N-ethyl adjacent to an activating group) is 1. The van der Waals surface area contributed by atoms with Gasteiger partial charge in [0.25, 0.3) is 11.8 Å². The van der Waals surface area contributed by atoms with Crippen molar-refractivity contribution in [1.82, 2.24) is 20.1 Å². The van der Waals surface area contributed by atoms with Gasteiger partial charge in [-0.15, -0.1) is 0 Å². The lowest BCUT2D eigenvalue weighted by molar-refractivity contribution is -0.120. The summed E-state index contributed by atoms with van der Waals surface area (Å²) in [6.07, 6.45) is 1.76. The number of likely N-dealkylation sites (tertiary alicyclic amines) is 1. The van der Waals surface area contributed by atoms with Crippen molar-refractivity contribution >= 4 is 17.5 Å². The van der Waals surface area contributed by atoms with Crippen molar-refractivity contribution in [3.63, 3.8) is 0 Å². The van der Waals surface area contributed by atoms with E-state index < -0.39 is 0 Å². The van der Waals surface area contributed by atoms with Crippen molar-refractivity contribution in [2.24, 2.45) is 0 Å². The molecule has 0 spiro atoms. The van der Waals surface area contributed by atoms with E-state index in [0.29, 0.717) is 29.4 Å². The lowest BCUT2D eigenvalue weighted by Crippen LogP contribution is -2.36. The zero-order valence-corrected chi connectivity index (χ0v) is 14.2. The van der Waals surface area contributed by atoms with Crippen LogP contribution in [0.3, 0.4) is 0 Å². The van der Waals surface area contributed by atoms with Crippen LogP contribution in [0.1, 0.15) is 40.9 Å². The third-order valence-corrected chi connectivity index (χ3v) is 4.72. The van der Waals surface area contributed by atoms with Gasteiger partial charge in [0.15, 0.2) is 12.4 Å². The van der Waals surface area contributed by atoms with Gasteiger partial charge in [-0.05, 0) is 38.0 Å². The van der Waals surface area contributed by atoms with Crippen LogP contribution in [0, 0.1) is 6.92 Å². The molecule has 130 valence electrons. The Hall–Kier alpha value is -2.90. The Bertz CT molecular complexity index is 847. The molecule has 0 saturated carbocycles. The average molecular weight is 341 g/mol. The Morgan fingerprint density at radius 2 is 2.24 bits per heavy atom. The quantitative estimate of drug-likeness (QED) is 0.892. The minimum Gasteiger partial charge on any atom is -0.482 e. The van der Waals surface area contributed by atoms with Crippen molar-refractivity contribution in [2.45, 2.75) is 25.8 Å². The van der Waals surface area contributed by atoms with Gasteiger partial charge in [-0.2, -0.15) is 5.10 Å². The van der Waals surface area contributed by atoms with Gasteiger partial charge in [-0.3, -0.25) is 14.7 Å². The number of hydrogen-bond donors (Lipinski definition) is 1. The second-order valence-electron chi connectivity index (χ2n) is 6.36. The van der Waals surface area contributed by atoms with Crippen molar-refractivity contribution in [2.75, 3.05) is 25.1 Å². The molecular weight excluding hydrogens is 322 g/mol. The number of carbonyl (C=O) groups is 2. The molecule has 2 amide bonds. The third kappa shape index (κ3) is 2.63. The van der Waals surface area contributed by atoms with Crippen molar-refractivity contribution < 1.29 is 14.3 Å². The summed E-state index contributed by atoms with van der Waals surface area (Å²) >= 11 is 0. The highest BCUT2D eigenvalue weighted by Crippen LogP contribution is 2.35. The first-order valence-corrected chi connectivity index (χ1v) is 8.28. The monoisotopic (exact) mass is 341 g/mol. The summed E-state index contributed by atoms with van der Waals surface area (Å²) in [7, 11) is 1.69. The molecular formula is C17H19N5O3. The van der Waals surface area contributed by atoms with E-state index in [-0.39, 0.29) is 24.5 Å². The Morgan fingerprint density at radius 1 is 1.40 bits per heavy atom. The third-order valence-electron chi connectivity index (χ3n) is 4.72. The van der Waals surface area contributed by atoms with Gasteiger partial charge in [-0.1, -0.05) is 0 Å². The van der Waals surface area contributed by atoms with Crippen LogP contribution in [0.5, 0.6) is 5.75 Å². The van der Waals surface area contributed by atoms with E-state index in [1.807, 2.05) is 6.92 Å². The molecule has 0 unspecified atom stereocenters. The van der Waals surface area contributed by atoms with Crippen LogP contribution >= 0.6 is 0 Å². The van der Waals surface area contributed by atoms with E-state index in [2.05, 4.69) is 15.2 Å².